The van der Waals surface area contributed by atoms with Crippen molar-refractivity contribution in [3.8, 4) is 5.75 Å². The van der Waals surface area contributed by atoms with E-state index in [1.807, 2.05) is 0 Å². The van der Waals surface area contributed by atoms with Gasteiger partial charge in [0, 0.05) is 10.6 Å². The number of carbonyl (C=O) groups excluding carboxylic acids is 1. The first kappa shape index (κ1) is 23.2. The third-order valence-corrected chi connectivity index (χ3v) is 6.31. The number of anilines is 2. The average molecular weight is 500 g/mol. The molecule has 2 N–H and O–H groups in total. The predicted octanol–water partition coefficient (Wildman–Crippen LogP) is 6.10. The Morgan fingerprint density at radius 3 is 2.29 bits per heavy atom. The van der Waals surface area contributed by atoms with Crippen LogP contribution in [0.4, 0.5) is 11.4 Å². The Bertz CT molecular complexity index is 1210. The van der Waals surface area contributed by atoms with E-state index in [4.69, 9.17) is 39.5 Å². The molecule has 3 aromatic carbocycles. The van der Waals surface area contributed by atoms with Gasteiger partial charge in [-0.1, -0.05) is 46.9 Å². The third kappa shape index (κ3) is 5.62. The van der Waals surface area contributed by atoms with Crippen LogP contribution in [0.25, 0.3) is 0 Å². The molecule has 3 aromatic rings. The summed E-state index contributed by atoms with van der Waals surface area (Å²) in [6.07, 6.45) is 0. The second kappa shape index (κ2) is 9.78. The van der Waals surface area contributed by atoms with Gasteiger partial charge < -0.3 is 10.1 Å². The van der Waals surface area contributed by atoms with Gasteiger partial charge in [0.25, 0.3) is 15.9 Å². The van der Waals surface area contributed by atoms with E-state index in [0.717, 1.165) is 0 Å². The summed E-state index contributed by atoms with van der Waals surface area (Å²) < 4.78 is 33.8. The molecule has 10 heteroatoms. The number of nitrogens with one attached hydrogen (secondary N) is 2. The summed E-state index contributed by atoms with van der Waals surface area (Å²) in [5.41, 5.74) is 0.549. The van der Waals surface area contributed by atoms with Crippen molar-refractivity contribution in [1.82, 2.24) is 0 Å². The first-order chi connectivity index (χ1) is 14.7. The fourth-order valence-electron chi connectivity index (χ4n) is 2.67. The van der Waals surface area contributed by atoms with Crippen LogP contribution in [0.5, 0.6) is 5.75 Å². The van der Waals surface area contributed by atoms with Gasteiger partial charge in [-0.25, -0.2) is 8.42 Å². The summed E-state index contributed by atoms with van der Waals surface area (Å²) >= 11 is 18.1. The van der Waals surface area contributed by atoms with Gasteiger partial charge in [0.2, 0.25) is 0 Å². The first-order valence-corrected chi connectivity index (χ1v) is 11.6. The van der Waals surface area contributed by atoms with Crippen LogP contribution in [-0.4, -0.2) is 20.9 Å². The van der Waals surface area contributed by atoms with Crippen molar-refractivity contribution in [2.24, 2.45) is 0 Å². The van der Waals surface area contributed by atoms with Crippen LogP contribution in [0.15, 0.2) is 65.6 Å². The first-order valence-electron chi connectivity index (χ1n) is 9.02. The topological polar surface area (TPSA) is 84.5 Å². The van der Waals surface area contributed by atoms with E-state index >= 15 is 0 Å². The maximum Gasteiger partial charge on any atom is 0.262 e. The van der Waals surface area contributed by atoms with Gasteiger partial charge in [-0.3, -0.25) is 9.52 Å². The maximum atomic E-state index is 12.9. The molecule has 0 atom stereocenters. The number of hydrogen-bond donors (Lipinski definition) is 2. The van der Waals surface area contributed by atoms with Crippen molar-refractivity contribution < 1.29 is 17.9 Å². The Labute approximate surface area is 195 Å². The number of rotatable bonds is 7. The molecule has 0 aliphatic heterocycles. The predicted molar refractivity (Wildman–Crippen MR) is 124 cm³/mol. The van der Waals surface area contributed by atoms with E-state index in [2.05, 4.69) is 10.0 Å². The summed E-state index contributed by atoms with van der Waals surface area (Å²) in [6.45, 7) is 2.09. The van der Waals surface area contributed by atoms with Crippen molar-refractivity contribution in [1.29, 1.82) is 0 Å². The number of halogens is 3. The third-order valence-electron chi connectivity index (χ3n) is 4.10. The summed E-state index contributed by atoms with van der Waals surface area (Å²) in [6, 6.07) is 15.1. The fraction of sp³-hybridized carbons (Fsp3) is 0.0952. The fourth-order valence-corrected chi connectivity index (χ4v) is 4.59. The van der Waals surface area contributed by atoms with E-state index < -0.39 is 15.9 Å². The highest BCUT2D eigenvalue weighted by atomic mass is 35.5. The van der Waals surface area contributed by atoms with Crippen LogP contribution in [0.2, 0.25) is 15.1 Å². The number of ether oxygens (including phenoxy) is 1. The lowest BCUT2D eigenvalue weighted by molar-refractivity contribution is 0.102. The van der Waals surface area contributed by atoms with Gasteiger partial charge >= 0.3 is 0 Å². The van der Waals surface area contributed by atoms with Crippen molar-refractivity contribution in [2.45, 2.75) is 11.8 Å². The highest BCUT2D eigenvalue weighted by Crippen LogP contribution is 2.34. The number of hydrogen-bond acceptors (Lipinski definition) is 4. The Hall–Kier alpha value is -2.45. The quantitative estimate of drug-likeness (QED) is 0.411. The molecule has 0 aliphatic rings. The maximum absolute atomic E-state index is 12.9. The average Bonchev–Trinajstić information content (AvgIpc) is 2.72. The number of carbonyl (C=O) groups is 1. The van der Waals surface area contributed by atoms with Gasteiger partial charge in [0.15, 0.2) is 0 Å². The van der Waals surface area contributed by atoms with E-state index in [1.54, 1.807) is 31.2 Å². The van der Waals surface area contributed by atoms with Crippen LogP contribution < -0.4 is 14.8 Å². The second-order valence-corrected chi connectivity index (χ2v) is 9.19. The Morgan fingerprint density at radius 2 is 1.65 bits per heavy atom. The Balaban J connectivity index is 1.96. The molecule has 0 spiro atoms. The van der Waals surface area contributed by atoms with Gasteiger partial charge in [-0.2, -0.15) is 0 Å². The molecule has 162 valence electrons. The van der Waals surface area contributed by atoms with Crippen molar-refractivity contribution in [3.05, 3.63) is 81.3 Å². The van der Waals surface area contributed by atoms with Crippen molar-refractivity contribution in [2.75, 3.05) is 16.6 Å². The SMILES string of the molecule is CCOc1ccc(S(=O)(=O)Nc2c(Cl)cccc2Cl)cc1NC(=O)c1cccc(Cl)c1. The van der Waals surface area contributed by atoms with E-state index in [-0.39, 0.29) is 26.3 Å². The normalized spacial score (nSPS) is 11.1. The van der Waals surface area contributed by atoms with Crippen LogP contribution >= 0.6 is 34.8 Å². The van der Waals surface area contributed by atoms with Gasteiger partial charge in [0.1, 0.15) is 5.75 Å². The minimum atomic E-state index is -4.07. The van der Waals surface area contributed by atoms with E-state index in [9.17, 15) is 13.2 Å². The highest BCUT2D eigenvalue weighted by Gasteiger charge is 2.21. The zero-order valence-corrected chi connectivity index (χ0v) is 19.2. The summed E-state index contributed by atoms with van der Waals surface area (Å²) in [5, 5.41) is 3.37. The molecule has 1 amide bonds. The standard InChI is InChI=1S/C21H17Cl3N2O4S/c1-2-30-19-10-9-15(31(28,29)26-20-16(23)7-4-8-17(20)24)12-18(19)25-21(27)13-5-3-6-14(22)11-13/h3-12,26H,2H2,1H3,(H,25,27). The highest BCUT2D eigenvalue weighted by molar-refractivity contribution is 7.92. The van der Waals surface area contributed by atoms with E-state index in [1.165, 1.54) is 36.4 Å². The minimum absolute atomic E-state index is 0.0595. The largest absolute Gasteiger partial charge is 0.492 e. The molecule has 31 heavy (non-hydrogen) atoms. The molecule has 0 aliphatic carbocycles. The Morgan fingerprint density at radius 1 is 0.968 bits per heavy atom. The van der Waals surface area contributed by atoms with Gasteiger partial charge in [-0.05, 0) is 55.5 Å². The summed E-state index contributed by atoms with van der Waals surface area (Å²) in [4.78, 5) is 12.5. The van der Waals surface area contributed by atoms with Crippen LogP contribution in [0.1, 0.15) is 17.3 Å². The Kier molecular flexibility index (Phi) is 7.33. The van der Waals surface area contributed by atoms with Crippen molar-refractivity contribution in [3.63, 3.8) is 0 Å². The van der Waals surface area contributed by atoms with Crippen molar-refractivity contribution >= 4 is 62.1 Å². The van der Waals surface area contributed by atoms with Crippen LogP contribution in [0, 0.1) is 0 Å². The molecule has 0 heterocycles. The monoisotopic (exact) mass is 498 g/mol. The molecular weight excluding hydrogens is 483 g/mol. The van der Waals surface area contributed by atoms with Gasteiger partial charge in [-0.15, -0.1) is 0 Å². The zero-order chi connectivity index (χ0) is 22.6. The molecule has 0 radical (unpaired) electrons. The molecule has 0 bridgehead atoms. The number of amides is 1. The van der Waals surface area contributed by atoms with Crippen LogP contribution in [-0.2, 0) is 10.0 Å². The molecule has 0 saturated carbocycles. The molecule has 0 unspecified atom stereocenters. The molecular formula is C21H17Cl3N2O4S. The molecule has 6 nitrogen and oxygen atoms in total. The lowest BCUT2D eigenvalue weighted by atomic mass is 10.2. The van der Waals surface area contributed by atoms with Crippen LogP contribution in [0.3, 0.4) is 0 Å². The second-order valence-electron chi connectivity index (χ2n) is 6.26. The summed E-state index contributed by atoms with van der Waals surface area (Å²) in [7, 11) is -4.07. The minimum Gasteiger partial charge on any atom is -0.492 e. The summed E-state index contributed by atoms with van der Waals surface area (Å²) in [5.74, 6) is -0.160. The molecule has 0 saturated heterocycles. The lowest BCUT2D eigenvalue weighted by Crippen LogP contribution is -2.16. The zero-order valence-electron chi connectivity index (χ0n) is 16.2. The van der Waals surface area contributed by atoms with E-state index in [0.29, 0.717) is 22.9 Å². The number of para-hydroxylation sites is 1. The smallest absolute Gasteiger partial charge is 0.262 e. The number of benzene rings is 3. The molecule has 0 fully saturated rings. The van der Waals surface area contributed by atoms with Gasteiger partial charge in [0.05, 0.1) is 32.9 Å². The lowest BCUT2D eigenvalue weighted by Gasteiger charge is -2.15. The molecule has 0 aromatic heterocycles. The number of sulfonamides is 1. The molecule has 3 rings (SSSR count).